The molecule has 0 bridgehead atoms. The van der Waals surface area contributed by atoms with Gasteiger partial charge < -0.3 is 9.47 Å². The van der Waals surface area contributed by atoms with Crippen LogP contribution in [0.3, 0.4) is 0 Å². The van der Waals surface area contributed by atoms with Crippen LogP contribution in [0.5, 0.6) is 11.5 Å². The molecule has 1 heterocycles. The van der Waals surface area contributed by atoms with Crippen LogP contribution in [0.4, 0.5) is 5.69 Å². The van der Waals surface area contributed by atoms with Gasteiger partial charge in [-0.1, -0.05) is 6.07 Å². The number of nitrogens with zero attached hydrogens (tertiary/aromatic N) is 1. The quantitative estimate of drug-likeness (QED) is 0.868. The highest BCUT2D eigenvalue weighted by Crippen LogP contribution is 2.36. The minimum absolute atomic E-state index is 0.167. The largest absolute Gasteiger partial charge is 0.454 e. The number of fused-ring (bicyclic) bond motifs is 2. The number of ether oxygens (including phenoxy) is 2. The zero-order valence-electron chi connectivity index (χ0n) is 12.8. The number of aryl methyl sites for hydroxylation is 2. The third-order valence-electron chi connectivity index (χ3n) is 4.45. The second kappa shape index (κ2) is 5.16. The Morgan fingerprint density at radius 3 is 2.61 bits per heavy atom. The number of hydrogen-bond donors (Lipinski definition) is 0. The molecule has 2 aromatic rings. The predicted molar refractivity (Wildman–Crippen MR) is 86.6 cm³/mol. The van der Waals surface area contributed by atoms with Crippen LogP contribution in [-0.4, -0.2) is 22.3 Å². The lowest BCUT2D eigenvalue weighted by molar-refractivity contribution is 0.174. The van der Waals surface area contributed by atoms with Crippen LogP contribution in [0.15, 0.2) is 41.3 Å². The average Bonchev–Trinajstić information content (AvgIpc) is 3.21. The molecule has 1 aliphatic carbocycles. The highest BCUT2D eigenvalue weighted by molar-refractivity contribution is 7.92. The predicted octanol–water partition coefficient (Wildman–Crippen LogP) is 2.73. The van der Waals surface area contributed by atoms with Crippen molar-refractivity contribution >= 4 is 15.7 Å². The molecule has 0 unspecified atom stereocenters. The van der Waals surface area contributed by atoms with Crippen molar-refractivity contribution in [1.82, 2.24) is 0 Å². The van der Waals surface area contributed by atoms with Crippen LogP contribution < -0.4 is 13.8 Å². The molecule has 120 valence electrons. The summed E-state index contributed by atoms with van der Waals surface area (Å²) in [5.41, 5.74) is 2.95. The van der Waals surface area contributed by atoms with Gasteiger partial charge in [-0.05, 0) is 54.7 Å². The molecule has 0 radical (unpaired) electrons. The smallest absolute Gasteiger partial charge is 0.264 e. The molecule has 0 saturated carbocycles. The first kappa shape index (κ1) is 14.4. The highest BCUT2D eigenvalue weighted by atomic mass is 32.2. The first-order chi connectivity index (χ1) is 11.1. The van der Waals surface area contributed by atoms with Crippen molar-refractivity contribution in [2.24, 2.45) is 0 Å². The van der Waals surface area contributed by atoms with Gasteiger partial charge in [0.05, 0.1) is 10.6 Å². The molecule has 2 aromatic carbocycles. The fourth-order valence-electron chi connectivity index (χ4n) is 3.09. The topological polar surface area (TPSA) is 55.8 Å². The molecule has 0 amide bonds. The van der Waals surface area contributed by atoms with E-state index in [9.17, 15) is 8.42 Å². The summed E-state index contributed by atoms with van der Waals surface area (Å²) in [5, 5.41) is 0. The summed E-state index contributed by atoms with van der Waals surface area (Å²) >= 11 is 0. The van der Waals surface area contributed by atoms with Crippen LogP contribution in [0.2, 0.25) is 0 Å². The van der Waals surface area contributed by atoms with E-state index in [1.165, 1.54) is 9.87 Å². The molecule has 1 aliphatic heterocycles. The molecule has 6 heteroatoms. The third-order valence-corrected chi connectivity index (χ3v) is 6.23. The van der Waals surface area contributed by atoms with Gasteiger partial charge in [0.15, 0.2) is 11.5 Å². The number of rotatable bonds is 3. The van der Waals surface area contributed by atoms with Crippen molar-refractivity contribution in [3.05, 3.63) is 47.5 Å². The molecule has 0 aromatic heterocycles. The lowest BCUT2D eigenvalue weighted by atomic mass is 10.1. The highest BCUT2D eigenvalue weighted by Gasteiger charge is 2.25. The van der Waals surface area contributed by atoms with E-state index in [-0.39, 0.29) is 6.79 Å². The summed E-state index contributed by atoms with van der Waals surface area (Å²) in [6, 6.07) is 10.6. The minimum Gasteiger partial charge on any atom is -0.454 e. The summed E-state index contributed by atoms with van der Waals surface area (Å²) in [5.74, 6) is 1.20. The van der Waals surface area contributed by atoms with Gasteiger partial charge in [-0.25, -0.2) is 8.42 Å². The lowest BCUT2D eigenvalue weighted by Crippen LogP contribution is -2.26. The van der Waals surface area contributed by atoms with Gasteiger partial charge in [-0.3, -0.25) is 4.31 Å². The lowest BCUT2D eigenvalue weighted by Gasteiger charge is -2.20. The summed E-state index contributed by atoms with van der Waals surface area (Å²) in [6.07, 6.45) is 3.08. The van der Waals surface area contributed by atoms with Crippen LogP contribution in [0.25, 0.3) is 0 Å². The van der Waals surface area contributed by atoms with E-state index < -0.39 is 10.0 Å². The van der Waals surface area contributed by atoms with E-state index in [2.05, 4.69) is 0 Å². The van der Waals surface area contributed by atoms with Crippen LogP contribution in [0.1, 0.15) is 17.5 Å². The van der Waals surface area contributed by atoms with E-state index >= 15 is 0 Å². The maximum absolute atomic E-state index is 12.9. The molecule has 0 atom stereocenters. The fraction of sp³-hybridized carbons (Fsp3) is 0.294. The van der Waals surface area contributed by atoms with Crippen LogP contribution in [0, 0.1) is 0 Å². The van der Waals surface area contributed by atoms with Crippen molar-refractivity contribution in [1.29, 1.82) is 0 Å². The van der Waals surface area contributed by atoms with Gasteiger partial charge in [0.25, 0.3) is 10.0 Å². The van der Waals surface area contributed by atoms with Crippen molar-refractivity contribution in [2.75, 3.05) is 18.1 Å². The first-order valence-electron chi connectivity index (χ1n) is 7.56. The van der Waals surface area contributed by atoms with E-state index in [4.69, 9.17) is 9.47 Å². The van der Waals surface area contributed by atoms with E-state index in [0.717, 1.165) is 24.8 Å². The van der Waals surface area contributed by atoms with Crippen LogP contribution >= 0.6 is 0 Å². The maximum atomic E-state index is 12.9. The Kier molecular flexibility index (Phi) is 3.23. The van der Waals surface area contributed by atoms with E-state index in [0.29, 0.717) is 22.1 Å². The van der Waals surface area contributed by atoms with Crippen molar-refractivity contribution < 1.29 is 17.9 Å². The van der Waals surface area contributed by atoms with Gasteiger partial charge in [0.1, 0.15) is 0 Å². The molecule has 23 heavy (non-hydrogen) atoms. The van der Waals surface area contributed by atoms with Crippen LogP contribution in [-0.2, 0) is 22.9 Å². The third kappa shape index (κ3) is 2.34. The summed E-state index contributed by atoms with van der Waals surface area (Å²) in [4.78, 5) is 0.332. The standard InChI is InChI=1S/C17H17NO4S/c1-18(14-6-8-16-17(10-14)22-11-21-16)23(19,20)15-7-5-12-3-2-4-13(12)9-15/h5-10H,2-4,11H2,1H3. The normalized spacial score (nSPS) is 15.5. The van der Waals surface area contributed by atoms with Crippen molar-refractivity contribution in [3.8, 4) is 11.5 Å². The van der Waals surface area contributed by atoms with Crippen molar-refractivity contribution in [3.63, 3.8) is 0 Å². The number of sulfonamides is 1. The van der Waals surface area contributed by atoms with Crippen molar-refractivity contribution in [2.45, 2.75) is 24.2 Å². The molecule has 4 rings (SSSR count). The van der Waals surface area contributed by atoms with Gasteiger partial charge in [-0.2, -0.15) is 0 Å². The number of hydrogen-bond acceptors (Lipinski definition) is 4. The molecular formula is C17H17NO4S. The number of anilines is 1. The maximum Gasteiger partial charge on any atom is 0.264 e. The zero-order valence-corrected chi connectivity index (χ0v) is 13.6. The first-order valence-corrected chi connectivity index (χ1v) is 9.00. The molecular weight excluding hydrogens is 314 g/mol. The Labute approximate surface area is 135 Å². The Balaban J connectivity index is 1.70. The molecule has 5 nitrogen and oxygen atoms in total. The summed E-state index contributed by atoms with van der Waals surface area (Å²) in [7, 11) is -2.04. The van der Waals surface area contributed by atoms with E-state index in [1.54, 1.807) is 37.4 Å². The monoisotopic (exact) mass is 331 g/mol. The van der Waals surface area contributed by atoms with E-state index in [1.807, 2.05) is 6.07 Å². The zero-order chi connectivity index (χ0) is 16.0. The SMILES string of the molecule is CN(c1ccc2c(c1)OCO2)S(=O)(=O)c1ccc2c(c1)CCC2. The van der Waals surface area contributed by atoms with Gasteiger partial charge >= 0.3 is 0 Å². The Morgan fingerprint density at radius 2 is 1.74 bits per heavy atom. The second-order valence-corrected chi connectivity index (χ2v) is 7.76. The minimum atomic E-state index is -3.59. The molecule has 0 saturated heterocycles. The fourth-order valence-corrected chi connectivity index (χ4v) is 4.33. The number of benzene rings is 2. The van der Waals surface area contributed by atoms with Gasteiger partial charge in [-0.15, -0.1) is 0 Å². The summed E-state index contributed by atoms with van der Waals surface area (Å²) in [6.45, 7) is 0.167. The Hall–Kier alpha value is -2.21. The molecule has 0 spiro atoms. The Morgan fingerprint density at radius 1 is 0.957 bits per heavy atom. The summed E-state index contributed by atoms with van der Waals surface area (Å²) < 4.78 is 37.6. The van der Waals surface area contributed by atoms with Gasteiger partial charge in [0.2, 0.25) is 6.79 Å². The average molecular weight is 331 g/mol. The molecule has 0 N–H and O–H groups in total. The Bertz CT molecular complexity index is 876. The molecule has 0 fully saturated rings. The second-order valence-electron chi connectivity index (χ2n) is 5.79. The van der Waals surface area contributed by atoms with Gasteiger partial charge in [0, 0.05) is 13.1 Å². The molecule has 2 aliphatic rings.